The van der Waals surface area contributed by atoms with Crippen LogP contribution in [0.15, 0.2) is 0 Å². The third-order valence-electron chi connectivity index (χ3n) is 2.26. The molecule has 3 heteroatoms. The number of nitrogens with zero attached hydrogens (tertiary/aromatic N) is 1. The highest BCUT2D eigenvalue weighted by molar-refractivity contribution is 6.59. The first-order valence-electron chi connectivity index (χ1n) is 4.41. The SMILES string of the molecule is CN(CCl)C[Si]1CCCCC1. The van der Waals surface area contributed by atoms with Gasteiger partial charge in [-0.25, -0.2) is 0 Å². The fraction of sp³-hybridized carbons (Fsp3) is 1.00. The second-order valence-electron chi connectivity index (χ2n) is 3.44. The average molecular weight is 191 g/mol. The van der Waals surface area contributed by atoms with Crippen LogP contribution in [-0.4, -0.2) is 32.9 Å². The first-order valence-corrected chi connectivity index (χ1v) is 7.06. The van der Waals surface area contributed by atoms with Gasteiger partial charge in [-0.05, 0) is 13.2 Å². The fourth-order valence-electron chi connectivity index (χ4n) is 1.63. The van der Waals surface area contributed by atoms with E-state index in [0.717, 1.165) is 0 Å². The minimum Gasteiger partial charge on any atom is -0.296 e. The highest BCUT2D eigenvalue weighted by Crippen LogP contribution is 2.18. The molecular weight excluding hydrogens is 174 g/mol. The van der Waals surface area contributed by atoms with Crippen molar-refractivity contribution in [3.05, 3.63) is 0 Å². The number of alkyl halides is 1. The molecule has 0 aromatic rings. The predicted octanol–water partition coefficient (Wildman–Crippen LogP) is 2.33. The largest absolute Gasteiger partial charge is 0.296 e. The Labute approximate surface area is 76.3 Å². The number of rotatable bonds is 3. The van der Waals surface area contributed by atoms with Gasteiger partial charge in [-0.15, -0.1) is 11.6 Å². The van der Waals surface area contributed by atoms with E-state index < -0.39 is 0 Å². The van der Waals surface area contributed by atoms with Crippen molar-refractivity contribution in [2.45, 2.75) is 31.4 Å². The Bertz CT molecular complexity index is 104. The summed E-state index contributed by atoms with van der Waals surface area (Å²) in [5, 5.41) is 0. The Morgan fingerprint density at radius 2 is 1.91 bits per heavy atom. The molecule has 0 bridgehead atoms. The molecule has 0 aromatic heterocycles. The molecule has 1 fully saturated rings. The minimum absolute atomic E-state index is 0.0178. The third kappa shape index (κ3) is 3.59. The van der Waals surface area contributed by atoms with Crippen LogP contribution in [0.25, 0.3) is 0 Å². The summed E-state index contributed by atoms with van der Waals surface area (Å²) >= 11 is 5.71. The van der Waals surface area contributed by atoms with E-state index in [1.54, 1.807) is 0 Å². The molecule has 0 atom stereocenters. The van der Waals surface area contributed by atoms with Gasteiger partial charge in [-0.2, -0.15) is 0 Å². The van der Waals surface area contributed by atoms with Gasteiger partial charge >= 0.3 is 0 Å². The van der Waals surface area contributed by atoms with Crippen LogP contribution in [0.1, 0.15) is 19.3 Å². The van der Waals surface area contributed by atoms with Crippen LogP contribution in [0.3, 0.4) is 0 Å². The summed E-state index contributed by atoms with van der Waals surface area (Å²) in [5.41, 5.74) is 0. The van der Waals surface area contributed by atoms with Crippen molar-refractivity contribution in [3.8, 4) is 0 Å². The molecule has 1 heterocycles. The summed E-state index contributed by atoms with van der Waals surface area (Å²) in [7, 11) is 2.11. The van der Waals surface area contributed by atoms with E-state index in [1.165, 1.54) is 37.5 Å². The summed E-state index contributed by atoms with van der Waals surface area (Å²) in [6.07, 6.45) is 5.72. The van der Waals surface area contributed by atoms with Gasteiger partial charge < -0.3 is 0 Å². The molecular formula is C8H17ClNSi. The van der Waals surface area contributed by atoms with Crippen molar-refractivity contribution in [2.24, 2.45) is 0 Å². The first-order chi connectivity index (χ1) is 5.33. The van der Waals surface area contributed by atoms with Gasteiger partial charge in [0.05, 0.1) is 14.8 Å². The molecule has 0 N–H and O–H groups in total. The maximum absolute atomic E-state index is 5.71. The molecule has 1 aliphatic heterocycles. The predicted molar refractivity (Wildman–Crippen MR) is 52.6 cm³/mol. The standard InChI is InChI=1S/C8H17ClNSi/c1-10(7-9)8-11-5-3-2-4-6-11/h2-8H2,1H3. The van der Waals surface area contributed by atoms with Crippen molar-refractivity contribution < 1.29 is 0 Å². The lowest BCUT2D eigenvalue weighted by Crippen LogP contribution is -2.32. The molecule has 1 radical (unpaired) electrons. The first kappa shape index (κ1) is 9.55. The summed E-state index contributed by atoms with van der Waals surface area (Å²) in [5.74, 6) is 0. The van der Waals surface area contributed by atoms with E-state index in [2.05, 4.69) is 11.9 Å². The summed E-state index contributed by atoms with van der Waals surface area (Å²) in [6, 6.07) is 3.74. The Kier molecular flexibility index (Phi) is 4.49. The molecule has 1 saturated heterocycles. The lowest BCUT2D eigenvalue weighted by Gasteiger charge is -2.23. The van der Waals surface area contributed by atoms with E-state index in [4.69, 9.17) is 11.6 Å². The van der Waals surface area contributed by atoms with Crippen LogP contribution in [0.5, 0.6) is 0 Å². The lowest BCUT2D eigenvalue weighted by atomic mass is 10.3. The zero-order valence-corrected chi connectivity index (χ0v) is 9.03. The van der Waals surface area contributed by atoms with Gasteiger partial charge in [-0.1, -0.05) is 31.4 Å². The maximum Gasteiger partial charge on any atom is 0.0733 e. The van der Waals surface area contributed by atoms with E-state index in [9.17, 15) is 0 Å². The van der Waals surface area contributed by atoms with Crippen molar-refractivity contribution in [1.82, 2.24) is 4.90 Å². The highest BCUT2D eigenvalue weighted by atomic mass is 35.5. The van der Waals surface area contributed by atoms with Crippen molar-refractivity contribution in [3.63, 3.8) is 0 Å². The topological polar surface area (TPSA) is 3.24 Å². The van der Waals surface area contributed by atoms with Crippen LogP contribution in [0, 0.1) is 0 Å². The molecule has 1 aliphatic rings. The van der Waals surface area contributed by atoms with Gasteiger partial charge in [0.15, 0.2) is 0 Å². The Morgan fingerprint density at radius 3 is 2.45 bits per heavy atom. The quantitative estimate of drug-likeness (QED) is 0.375. The molecule has 0 unspecified atom stereocenters. The summed E-state index contributed by atoms with van der Waals surface area (Å²) in [4.78, 5) is 2.25. The molecule has 1 nitrogen and oxygen atoms in total. The number of hydrogen-bond donors (Lipinski definition) is 0. The van der Waals surface area contributed by atoms with Gasteiger partial charge in [0.25, 0.3) is 0 Å². The normalized spacial score (nSPS) is 21.0. The zero-order chi connectivity index (χ0) is 8.10. The average Bonchev–Trinajstić information content (AvgIpc) is 2.06. The number of hydrogen-bond acceptors (Lipinski definition) is 1. The lowest BCUT2D eigenvalue weighted by molar-refractivity contribution is 0.446. The van der Waals surface area contributed by atoms with Crippen molar-refractivity contribution in [2.75, 3.05) is 19.2 Å². The fourth-order valence-corrected chi connectivity index (χ4v) is 4.80. The summed E-state index contributed by atoms with van der Waals surface area (Å²) in [6.45, 7) is 0. The van der Waals surface area contributed by atoms with E-state index >= 15 is 0 Å². The van der Waals surface area contributed by atoms with E-state index in [-0.39, 0.29) is 8.80 Å². The van der Waals surface area contributed by atoms with Gasteiger partial charge in [-0.3, -0.25) is 4.90 Å². The molecule has 0 aromatic carbocycles. The molecule has 1 rings (SSSR count). The molecule has 0 saturated carbocycles. The molecule has 0 amide bonds. The van der Waals surface area contributed by atoms with E-state index in [1.807, 2.05) is 0 Å². The van der Waals surface area contributed by atoms with Gasteiger partial charge in [0.2, 0.25) is 0 Å². The third-order valence-corrected chi connectivity index (χ3v) is 5.77. The number of halogens is 1. The minimum atomic E-state index is -0.0178. The Balaban J connectivity index is 2.13. The second-order valence-corrected chi connectivity index (χ2v) is 6.50. The Hall–Kier alpha value is 0.467. The monoisotopic (exact) mass is 190 g/mol. The smallest absolute Gasteiger partial charge is 0.0733 e. The van der Waals surface area contributed by atoms with Crippen LogP contribution in [-0.2, 0) is 0 Å². The van der Waals surface area contributed by atoms with Crippen LogP contribution in [0.4, 0.5) is 0 Å². The maximum atomic E-state index is 5.71. The molecule has 0 aliphatic carbocycles. The van der Waals surface area contributed by atoms with E-state index in [0.29, 0.717) is 6.00 Å². The van der Waals surface area contributed by atoms with Crippen molar-refractivity contribution in [1.29, 1.82) is 0 Å². The second kappa shape index (κ2) is 5.17. The van der Waals surface area contributed by atoms with Crippen LogP contribution >= 0.6 is 11.6 Å². The Morgan fingerprint density at radius 1 is 1.27 bits per heavy atom. The van der Waals surface area contributed by atoms with Gasteiger partial charge in [0, 0.05) is 0 Å². The van der Waals surface area contributed by atoms with Crippen LogP contribution in [0.2, 0.25) is 12.1 Å². The summed E-state index contributed by atoms with van der Waals surface area (Å²) < 4.78 is 0. The van der Waals surface area contributed by atoms with Crippen molar-refractivity contribution >= 4 is 20.4 Å². The van der Waals surface area contributed by atoms with Crippen LogP contribution < -0.4 is 0 Å². The van der Waals surface area contributed by atoms with Gasteiger partial charge in [0.1, 0.15) is 0 Å². The zero-order valence-electron chi connectivity index (χ0n) is 7.27. The molecule has 0 spiro atoms. The molecule has 11 heavy (non-hydrogen) atoms. The molecule has 65 valence electrons. The highest BCUT2D eigenvalue weighted by Gasteiger charge is 2.16.